The summed E-state index contributed by atoms with van der Waals surface area (Å²) in [7, 11) is 0. The first kappa shape index (κ1) is 12.7. The van der Waals surface area contributed by atoms with Gasteiger partial charge in [0.05, 0.1) is 5.41 Å². The zero-order valence-corrected chi connectivity index (χ0v) is 11.8. The molecule has 0 aliphatic carbocycles. The molecule has 1 aromatic carbocycles. The second kappa shape index (κ2) is 4.64. The third kappa shape index (κ3) is 2.16. The average Bonchev–Trinajstić information content (AvgIpc) is 2.67. The molecule has 0 saturated carbocycles. The molecule has 0 radical (unpaired) electrons. The predicted octanol–water partition coefficient (Wildman–Crippen LogP) is 2.41. The second-order valence-corrected chi connectivity index (χ2v) is 6.08. The van der Waals surface area contributed by atoms with Crippen LogP contribution in [0.15, 0.2) is 18.2 Å². The normalized spacial score (nSPS) is 22.2. The Kier molecular flexibility index (Phi) is 3.09. The van der Waals surface area contributed by atoms with E-state index in [0.717, 1.165) is 44.6 Å². The number of hydrogen-bond acceptors (Lipinski definition) is 2. The Morgan fingerprint density at radius 3 is 2.32 bits per heavy atom. The standard InChI is InChI=1S/C16H22N2O/c1-12-9-13(2)11-14(10-12)18-8-5-16(15(18)19)3-6-17-7-4-16/h9-11,17H,3-8H2,1-2H3. The van der Waals surface area contributed by atoms with E-state index in [1.165, 1.54) is 11.1 Å². The van der Waals surface area contributed by atoms with Gasteiger partial charge in [-0.1, -0.05) is 6.07 Å². The minimum atomic E-state index is -0.0805. The lowest BCUT2D eigenvalue weighted by Crippen LogP contribution is -2.42. The molecule has 0 unspecified atom stereocenters. The maximum absolute atomic E-state index is 12.8. The van der Waals surface area contributed by atoms with Gasteiger partial charge >= 0.3 is 0 Å². The van der Waals surface area contributed by atoms with Crippen molar-refractivity contribution < 1.29 is 4.79 Å². The Morgan fingerprint density at radius 1 is 1.05 bits per heavy atom. The van der Waals surface area contributed by atoms with Gasteiger partial charge in [0, 0.05) is 12.2 Å². The van der Waals surface area contributed by atoms with Crippen molar-refractivity contribution in [3.05, 3.63) is 29.3 Å². The molecule has 1 aromatic rings. The van der Waals surface area contributed by atoms with E-state index in [0.29, 0.717) is 5.91 Å². The molecule has 3 rings (SSSR count). The molecular weight excluding hydrogens is 236 g/mol. The van der Waals surface area contributed by atoms with Crippen LogP contribution in [-0.2, 0) is 4.79 Å². The van der Waals surface area contributed by atoms with E-state index in [1.54, 1.807) is 0 Å². The van der Waals surface area contributed by atoms with E-state index < -0.39 is 0 Å². The smallest absolute Gasteiger partial charge is 0.233 e. The van der Waals surface area contributed by atoms with Crippen molar-refractivity contribution in [1.29, 1.82) is 0 Å². The van der Waals surface area contributed by atoms with Gasteiger partial charge in [-0.2, -0.15) is 0 Å². The molecule has 102 valence electrons. The summed E-state index contributed by atoms with van der Waals surface area (Å²) in [4.78, 5) is 14.8. The quantitative estimate of drug-likeness (QED) is 0.839. The number of carbonyl (C=O) groups is 1. The lowest BCUT2D eigenvalue weighted by Gasteiger charge is -2.32. The zero-order chi connectivity index (χ0) is 13.5. The Morgan fingerprint density at radius 2 is 1.68 bits per heavy atom. The maximum Gasteiger partial charge on any atom is 0.233 e. The molecule has 2 fully saturated rings. The first-order valence-corrected chi connectivity index (χ1v) is 7.22. The summed E-state index contributed by atoms with van der Waals surface area (Å²) in [5, 5.41) is 3.36. The first-order chi connectivity index (χ1) is 9.11. The SMILES string of the molecule is Cc1cc(C)cc(N2CCC3(CCNCC3)C2=O)c1. The molecule has 1 amide bonds. The molecule has 3 heteroatoms. The van der Waals surface area contributed by atoms with Gasteiger partial charge in [-0.3, -0.25) is 4.79 Å². The van der Waals surface area contributed by atoms with Crippen molar-refractivity contribution >= 4 is 11.6 Å². The summed E-state index contributed by atoms with van der Waals surface area (Å²) in [6, 6.07) is 6.42. The van der Waals surface area contributed by atoms with Gasteiger partial charge in [-0.25, -0.2) is 0 Å². The van der Waals surface area contributed by atoms with E-state index in [2.05, 4.69) is 37.4 Å². The third-order valence-corrected chi connectivity index (χ3v) is 4.59. The number of rotatable bonds is 1. The van der Waals surface area contributed by atoms with E-state index in [9.17, 15) is 4.79 Å². The minimum absolute atomic E-state index is 0.0805. The van der Waals surface area contributed by atoms with Crippen LogP contribution in [0.5, 0.6) is 0 Å². The van der Waals surface area contributed by atoms with Crippen molar-refractivity contribution in [2.45, 2.75) is 33.1 Å². The Bertz CT molecular complexity index is 483. The van der Waals surface area contributed by atoms with E-state index in [4.69, 9.17) is 0 Å². The molecule has 2 saturated heterocycles. The molecular formula is C16H22N2O. The Balaban J connectivity index is 1.89. The second-order valence-electron chi connectivity index (χ2n) is 6.08. The van der Waals surface area contributed by atoms with Crippen molar-refractivity contribution in [3.63, 3.8) is 0 Å². The van der Waals surface area contributed by atoms with Crippen LogP contribution in [-0.4, -0.2) is 25.5 Å². The average molecular weight is 258 g/mol. The van der Waals surface area contributed by atoms with Gasteiger partial charge in [0.25, 0.3) is 0 Å². The largest absolute Gasteiger partial charge is 0.317 e. The van der Waals surface area contributed by atoms with Gasteiger partial charge in [0.15, 0.2) is 0 Å². The molecule has 19 heavy (non-hydrogen) atoms. The van der Waals surface area contributed by atoms with E-state index >= 15 is 0 Å². The molecule has 0 aromatic heterocycles. The van der Waals surface area contributed by atoms with Crippen LogP contribution in [0, 0.1) is 19.3 Å². The Hall–Kier alpha value is -1.35. The molecule has 3 nitrogen and oxygen atoms in total. The topological polar surface area (TPSA) is 32.3 Å². The summed E-state index contributed by atoms with van der Waals surface area (Å²) in [6.45, 7) is 7.02. The number of amides is 1. The van der Waals surface area contributed by atoms with Crippen molar-refractivity contribution in [1.82, 2.24) is 5.32 Å². The summed E-state index contributed by atoms with van der Waals surface area (Å²) >= 11 is 0. The fraction of sp³-hybridized carbons (Fsp3) is 0.562. The summed E-state index contributed by atoms with van der Waals surface area (Å²) < 4.78 is 0. The maximum atomic E-state index is 12.8. The van der Waals surface area contributed by atoms with Crippen LogP contribution in [0.2, 0.25) is 0 Å². The number of aryl methyl sites for hydroxylation is 2. The van der Waals surface area contributed by atoms with Gasteiger partial charge in [0.1, 0.15) is 0 Å². The molecule has 0 atom stereocenters. The fourth-order valence-electron chi connectivity index (χ4n) is 3.54. The zero-order valence-electron chi connectivity index (χ0n) is 11.8. The van der Waals surface area contributed by atoms with Gasteiger partial charge in [0.2, 0.25) is 5.91 Å². The highest BCUT2D eigenvalue weighted by atomic mass is 16.2. The summed E-state index contributed by atoms with van der Waals surface area (Å²) in [5.74, 6) is 0.346. The summed E-state index contributed by atoms with van der Waals surface area (Å²) in [6.07, 6.45) is 3.00. The van der Waals surface area contributed by atoms with Gasteiger partial charge in [-0.05, 0) is 69.5 Å². The molecule has 2 aliphatic heterocycles. The number of hydrogen-bond donors (Lipinski definition) is 1. The van der Waals surface area contributed by atoms with Crippen molar-refractivity contribution in [3.8, 4) is 0 Å². The molecule has 1 N–H and O–H groups in total. The number of anilines is 1. The molecule has 0 bridgehead atoms. The summed E-state index contributed by atoms with van der Waals surface area (Å²) in [5.41, 5.74) is 3.46. The van der Waals surface area contributed by atoms with E-state index in [1.807, 2.05) is 4.90 Å². The first-order valence-electron chi connectivity index (χ1n) is 7.22. The highest BCUT2D eigenvalue weighted by Gasteiger charge is 2.47. The minimum Gasteiger partial charge on any atom is -0.317 e. The third-order valence-electron chi connectivity index (χ3n) is 4.59. The van der Waals surface area contributed by atoms with Crippen molar-refractivity contribution in [2.75, 3.05) is 24.5 Å². The van der Waals surface area contributed by atoms with Gasteiger partial charge < -0.3 is 10.2 Å². The van der Waals surface area contributed by atoms with Crippen molar-refractivity contribution in [2.24, 2.45) is 5.41 Å². The highest BCUT2D eigenvalue weighted by Crippen LogP contribution is 2.41. The van der Waals surface area contributed by atoms with Crippen LogP contribution < -0.4 is 10.2 Å². The number of carbonyl (C=O) groups excluding carboxylic acids is 1. The van der Waals surface area contributed by atoms with E-state index in [-0.39, 0.29) is 5.41 Å². The Labute approximate surface area is 115 Å². The van der Waals surface area contributed by atoms with Crippen LogP contribution >= 0.6 is 0 Å². The number of benzene rings is 1. The number of piperidine rings is 1. The number of nitrogens with zero attached hydrogens (tertiary/aromatic N) is 1. The van der Waals surface area contributed by atoms with Crippen LogP contribution in [0.25, 0.3) is 0 Å². The predicted molar refractivity (Wildman–Crippen MR) is 77.4 cm³/mol. The number of nitrogens with one attached hydrogen (secondary N) is 1. The highest BCUT2D eigenvalue weighted by molar-refractivity contribution is 6.00. The monoisotopic (exact) mass is 258 g/mol. The molecule has 2 aliphatic rings. The lowest BCUT2D eigenvalue weighted by atomic mass is 9.77. The van der Waals surface area contributed by atoms with Gasteiger partial charge in [-0.15, -0.1) is 0 Å². The molecule has 2 heterocycles. The lowest BCUT2D eigenvalue weighted by molar-refractivity contribution is -0.126. The molecule has 1 spiro atoms. The van der Waals surface area contributed by atoms with Crippen LogP contribution in [0.4, 0.5) is 5.69 Å². The van der Waals surface area contributed by atoms with Crippen LogP contribution in [0.3, 0.4) is 0 Å². The fourth-order valence-corrected chi connectivity index (χ4v) is 3.54. The van der Waals surface area contributed by atoms with Crippen LogP contribution in [0.1, 0.15) is 30.4 Å².